The molecule has 1 saturated heterocycles. The van der Waals surface area contributed by atoms with E-state index in [1.807, 2.05) is 0 Å². The molecule has 1 aromatic heterocycles. The van der Waals surface area contributed by atoms with E-state index in [9.17, 15) is 0 Å². The van der Waals surface area contributed by atoms with Crippen LogP contribution >= 0.6 is 0 Å². The molecule has 1 aromatic rings. The Morgan fingerprint density at radius 2 is 2.38 bits per heavy atom. The largest absolute Gasteiger partial charge is 0.339 e. The highest BCUT2D eigenvalue weighted by Crippen LogP contribution is 2.13. The van der Waals surface area contributed by atoms with Crippen molar-refractivity contribution in [1.29, 1.82) is 0 Å². The molecule has 1 aliphatic heterocycles. The van der Waals surface area contributed by atoms with E-state index in [-0.39, 0.29) is 0 Å². The van der Waals surface area contributed by atoms with Gasteiger partial charge in [-0.1, -0.05) is 19.0 Å². The topological polar surface area (TPSA) is 54.2 Å². The third-order valence-corrected chi connectivity index (χ3v) is 2.96. The summed E-state index contributed by atoms with van der Waals surface area (Å²) in [5.74, 6) is 1.84. The van der Waals surface area contributed by atoms with E-state index in [1.54, 1.807) is 0 Å². The average Bonchev–Trinajstić information content (AvgIpc) is 2.70. The summed E-state index contributed by atoms with van der Waals surface area (Å²) in [4.78, 5) is 6.78. The molecule has 5 heteroatoms. The predicted molar refractivity (Wildman–Crippen MR) is 61.1 cm³/mol. The van der Waals surface area contributed by atoms with Crippen LogP contribution in [0, 0.1) is 0 Å². The second-order valence-electron chi connectivity index (χ2n) is 4.73. The molecule has 1 unspecified atom stereocenters. The standard InChI is InChI=1S/C11H20N4O/c1-8(2)11-13-10(14-16-11)7-15-5-4-12-6-9(15)3/h8-9,12H,4-7H2,1-3H3. The van der Waals surface area contributed by atoms with Gasteiger partial charge < -0.3 is 9.84 Å². The minimum absolute atomic E-state index is 0.307. The minimum Gasteiger partial charge on any atom is -0.339 e. The normalized spacial score (nSPS) is 22.9. The van der Waals surface area contributed by atoms with E-state index in [4.69, 9.17) is 4.52 Å². The summed E-state index contributed by atoms with van der Waals surface area (Å²) in [6.07, 6.45) is 0. The minimum atomic E-state index is 0.307. The molecule has 0 aromatic carbocycles. The van der Waals surface area contributed by atoms with Gasteiger partial charge >= 0.3 is 0 Å². The first kappa shape index (κ1) is 11.5. The summed E-state index contributed by atoms with van der Waals surface area (Å²) >= 11 is 0. The lowest BCUT2D eigenvalue weighted by atomic mass is 10.2. The van der Waals surface area contributed by atoms with Crippen LogP contribution in [0.25, 0.3) is 0 Å². The maximum atomic E-state index is 5.20. The molecule has 2 heterocycles. The second kappa shape index (κ2) is 4.93. The highest BCUT2D eigenvalue weighted by Gasteiger charge is 2.20. The first-order valence-electron chi connectivity index (χ1n) is 5.94. The first-order valence-corrected chi connectivity index (χ1v) is 5.94. The van der Waals surface area contributed by atoms with E-state index in [0.717, 1.165) is 37.9 Å². The molecule has 0 radical (unpaired) electrons. The van der Waals surface area contributed by atoms with Gasteiger partial charge in [-0.25, -0.2) is 0 Å². The molecule has 90 valence electrons. The van der Waals surface area contributed by atoms with E-state index >= 15 is 0 Å². The van der Waals surface area contributed by atoms with Crippen molar-refractivity contribution in [3.8, 4) is 0 Å². The maximum Gasteiger partial charge on any atom is 0.229 e. The van der Waals surface area contributed by atoms with Crippen molar-refractivity contribution in [3.63, 3.8) is 0 Å². The third-order valence-electron chi connectivity index (χ3n) is 2.96. The Bertz CT molecular complexity index is 336. The summed E-state index contributed by atoms with van der Waals surface area (Å²) in [6.45, 7) is 10.3. The van der Waals surface area contributed by atoms with Crippen LogP contribution in [0.4, 0.5) is 0 Å². The number of rotatable bonds is 3. The van der Waals surface area contributed by atoms with Crippen molar-refractivity contribution in [1.82, 2.24) is 20.4 Å². The van der Waals surface area contributed by atoms with Crippen molar-refractivity contribution in [2.45, 2.75) is 39.3 Å². The Labute approximate surface area is 96.2 Å². The van der Waals surface area contributed by atoms with Crippen LogP contribution in [0.2, 0.25) is 0 Å². The van der Waals surface area contributed by atoms with Gasteiger partial charge in [0.25, 0.3) is 0 Å². The Hall–Kier alpha value is -0.940. The van der Waals surface area contributed by atoms with Gasteiger partial charge in [0.1, 0.15) is 0 Å². The number of piperazine rings is 1. The van der Waals surface area contributed by atoms with E-state index in [0.29, 0.717) is 12.0 Å². The van der Waals surface area contributed by atoms with E-state index < -0.39 is 0 Å². The Balaban J connectivity index is 1.97. The molecule has 2 rings (SSSR count). The average molecular weight is 224 g/mol. The van der Waals surface area contributed by atoms with Gasteiger partial charge in [0.2, 0.25) is 5.89 Å². The molecule has 0 aliphatic carbocycles. The fourth-order valence-corrected chi connectivity index (χ4v) is 1.87. The van der Waals surface area contributed by atoms with Crippen molar-refractivity contribution >= 4 is 0 Å². The smallest absolute Gasteiger partial charge is 0.229 e. The van der Waals surface area contributed by atoms with Gasteiger partial charge in [0, 0.05) is 31.6 Å². The van der Waals surface area contributed by atoms with Gasteiger partial charge in [-0.2, -0.15) is 4.98 Å². The molecule has 1 N–H and O–H groups in total. The lowest BCUT2D eigenvalue weighted by Crippen LogP contribution is -2.49. The molecule has 0 spiro atoms. The number of nitrogens with zero attached hydrogens (tertiary/aromatic N) is 3. The Morgan fingerprint density at radius 3 is 3.00 bits per heavy atom. The molecule has 5 nitrogen and oxygen atoms in total. The molecule has 0 saturated carbocycles. The van der Waals surface area contributed by atoms with E-state index in [1.165, 1.54) is 0 Å². The lowest BCUT2D eigenvalue weighted by Gasteiger charge is -2.32. The van der Waals surface area contributed by atoms with E-state index in [2.05, 4.69) is 41.1 Å². The Kier molecular flexibility index (Phi) is 3.56. The zero-order valence-electron chi connectivity index (χ0n) is 10.2. The van der Waals surface area contributed by atoms with Crippen molar-refractivity contribution in [3.05, 3.63) is 11.7 Å². The SMILES string of the molecule is CC(C)c1nc(CN2CCNCC2C)no1. The van der Waals surface area contributed by atoms with Crippen molar-refractivity contribution < 1.29 is 4.52 Å². The predicted octanol–water partition coefficient (Wildman–Crippen LogP) is 0.987. The number of hydrogen-bond donors (Lipinski definition) is 1. The van der Waals surface area contributed by atoms with Gasteiger partial charge in [0.15, 0.2) is 5.82 Å². The third kappa shape index (κ3) is 2.59. The number of aromatic nitrogens is 2. The highest BCUT2D eigenvalue weighted by molar-refractivity contribution is 4.92. The molecule has 0 bridgehead atoms. The van der Waals surface area contributed by atoms with Crippen LogP contribution in [0.15, 0.2) is 4.52 Å². The number of nitrogens with one attached hydrogen (secondary N) is 1. The van der Waals surface area contributed by atoms with Crippen LogP contribution in [0.1, 0.15) is 38.4 Å². The monoisotopic (exact) mass is 224 g/mol. The molecule has 1 aliphatic rings. The summed E-state index contributed by atoms with van der Waals surface area (Å²) in [5, 5.41) is 7.39. The zero-order chi connectivity index (χ0) is 11.5. The molecule has 1 atom stereocenters. The van der Waals surface area contributed by atoms with Gasteiger partial charge in [-0.15, -0.1) is 0 Å². The summed E-state index contributed by atoms with van der Waals surface area (Å²) < 4.78 is 5.20. The highest BCUT2D eigenvalue weighted by atomic mass is 16.5. The maximum absolute atomic E-state index is 5.20. The summed E-state index contributed by atoms with van der Waals surface area (Å²) in [7, 11) is 0. The lowest BCUT2D eigenvalue weighted by molar-refractivity contribution is 0.160. The van der Waals surface area contributed by atoms with Crippen LogP contribution in [-0.4, -0.2) is 40.7 Å². The fourth-order valence-electron chi connectivity index (χ4n) is 1.87. The van der Waals surface area contributed by atoms with Crippen molar-refractivity contribution in [2.24, 2.45) is 0 Å². The van der Waals surface area contributed by atoms with Crippen molar-refractivity contribution in [2.75, 3.05) is 19.6 Å². The van der Waals surface area contributed by atoms with Crippen LogP contribution < -0.4 is 5.32 Å². The first-order chi connectivity index (χ1) is 7.66. The van der Waals surface area contributed by atoms with Crippen LogP contribution in [0.5, 0.6) is 0 Å². The van der Waals surface area contributed by atoms with Gasteiger partial charge in [-0.05, 0) is 6.92 Å². The quantitative estimate of drug-likeness (QED) is 0.829. The summed E-state index contributed by atoms with van der Waals surface area (Å²) in [5.41, 5.74) is 0. The van der Waals surface area contributed by atoms with Crippen LogP contribution in [-0.2, 0) is 6.54 Å². The molecular weight excluding hydrogens is 204 g/mol. The fraction of sp³-hybridized carbons (Fsp3) is 0.818. The molecular formula is C11H20N4O. The zero-order valence-corrected chi connectivity index (χ0v) is 10.2. The van der Waals surface area contributed by atoms with Gasteiger partial charge in [-0.3, -0.25) is 4.90 Å². The molecule has 0 amide bonds. The molecule has 1 fully saturated rings. The Morgan fingerprint density at radius 1 is 1.56 bits per heavy atom. The summed E-state index contributed by atoms with van der Waals surface area (Å²) in [6, 6.07) is 0.537. The second-order valence-corrected chi connectivity index (χ2v) is 4.73. The molecule has 16 heavy (non-hydrogen) atoms. The number of hydrogen-bond acceptors (Lipinski definition) is 5. The van der Waals surface area contributed by atoms with Crippen LogP contribution in [0.3, 0.4) is 0 Å². The van der Waals surface area contributed by atoms with Gasteiger partial charge in [0.05, 0.1) is 6.54 Å².